The number of carbonyl (C=O) groups excluding carboxylic acids is 1. The number of carboxylic acid groups (broad SMARTS) is 1. The van der Waals surface area contributed by atoms with Crippen molar-refractivity contribution in [1.29, 1.82) is 0 Å². The number of nitrogens with one attached hydrogen (secondary N) is 2. The Hall–Kier alpha value is -1.74. The fraction of sp³-hybridized carbons (Fsp3) is 0.846. The van der Waals surface area contributed by atoms with Crippen LogP contribution in [0.3, 0.4) is 0 Å². The highest BCUT2D eigenvalue weighted by Gasteiger charge is 2.24. The van der Waals surface area contributed by atoms with E-state index in [2.05, 4.69) is 36.3 Å². The van der Waals surface area contributed by atoms with E-state index in [-0.39, 0.29) is 5.91 Å². The van der Waals surface area contributed by atoms with Crippen LogP contribution >= 0.6 is 0 Å². The summed E-state index contributed by atoms with van der Waals surface area (Å²) < 4.78 is 5.91. The van der Waals surface area contributed by atoms with E-state index in [1.54, 1.807) is 0 Å². The van der Waals surface area contributed by atoms with Gasteiger partial charge in [0.25, 0.3) is 0 Å². The van der Waals surface area contributed by atoms with Crippen LogP contribution in [0, 0.1) is 17.8 Å². The number of rotatable bonds is 17. The van der Waals surface area contributed by atoms with E-state index in [9.17, 15) is 9.59 Å². The minimum atomic E-state index is -1.04. The summed E-state index contributed by atoms with van der Waals surface area (Å²) in [5.41, 5.74) is -1.01. The third-order valence-electron chi connectivity index (χ3n) is 5.61. The first kappa shape index (κ1) is 30.3. The lowest BCUT2D eigenvalue weighted by Crippen LogP contribution is -2.44. The summed E-state index contributed by atoms with van der Waals surface area (Å²) >= 11 is 0. The molecule has 0 aromatic carbocycles. The molecule has 0 rings (SSSR count). The largest absolute Gasteiger partial charge is 0.465 e. The molecule has 32 heavy (non-hydrogen) atoms. The molecule has 0 atom stereocenters. The van der Waals surface area contributed by atoms with Crippen LogP contribution in [0.5, 0.6) is 0 Å². The van der Waals surface area contributed by atoms with E-state index in [0.717, 1.165) is 12.8 Å². The quantitative estimate of drug-likeness (QED) is 0.189. The fourth-order valence-electron chi connectivity index (χ4n) is 3.42. The van der Waals surface area contributed by atoms with Gasteiger partial charge in [0.2, 0.25) is 5.91 Å². The molecule has 0 aromatic rings. The number of hydrogen-bond acceptors (Lipinski definition) is 3. The van der Waals surface area contributed by atoms with E-state index in [1.165, 1.54) is 38.5 Å². The Morgan fingerprint density at radius 1 is 0.969 bits per heavy atom. The highest BCUT2D eigenvalue weighted by atomic mass is 16.5. The van der Waals surface area contributed by atoms with Gasteiger partial charge in [-0.25, -0.2) is 4.79 Å². The minimum absolute atomic E-state index is 0.0163. The maximum absolute atomic E-state index is 12.2. The molecule has 0 aromatic heterocycles. The van der Waals surface area contributed by atoms with Gasteiger partial charge < -0.3 is 20.5 Å². The summed E-state index contributed by atoms with van der Waals surface area (Å²) in [5.74, 6) is 6.97. The molecule has 0 aliphatic rings. The molecule has 0 spiro atoms. The van der Waals surface area contributed by atoms with Crippen LogP contribution in [0.25, 0.3) is 0 Å². The number of amides is 2. The second-order valence-corrected chi connectivity index (χ2v) is 9.96. The molecular weight excluding hydrogens is 404 g/mol. The maximum Gasteiger partial charge on any atom is 0.405 e. The van der Waals surface area contributed by atoms with Crippen molar-refractivity contribution in [2.24, 2.45) is 5.92 Å². The van der Waals surface area contributed by atoms with Gasteiger partial charge in [0.05, 0.1) is 12.1 Å². The molecule has 6 heteroatoms. The van der Waals surface area contributed by atoms with Gasteiger partial charge in [-0.05, 0) is 53.4 Å². The molecule has 186 valence electrons. The van der Waals surface area contributed by atoms with E-state index < -0.39 is 17.2 Å². The summed E-state index contributed by atoms with van der Waals surface area (Å²) in [6.45, 7) is 12.8. The molecule has 0 aliphatic carbocycles. The van der Waals surface area contributed by atoms with Crippen LogP contribution in [0.2, 0.25) is 0 Å². The molecule has 3 N–H and O–H groups in total. The van der Waals surface area contributed by atoms with Crippen LogP contribution in [0.15, 0.2) is 0 Å². The summed E-state index contributed by atoms with van der Waals surface area (Å²) in [5, 5.41) is 14.2. The molecule has 0 unspecified atom stereocenters. The molecule has 0 radical (unpaired) electrons. The van der Waals surface area contributed by atoms with E-state index in [1.807, 2.05) is 27.7 Å². The highest BCUT2D eigenvalue weighted by molar-refractivity contribution is 5.76. The lowest BCUT2D eigenvalue weighted by Gasteiger charge is -2.29. The second kappa shape index (κ2) is 16.8. The zero-order valence-corrected chi connectivity index (χ0v) is 21.4. The van der Waals surface area contributed by atoms with Crippen LogP contribution in [-0.4, -0.2) is 41.4 Å². The molecule has 6 nitrogen and oxygen atoms in total. The van der Waals surface area contributed by atoms with E-state index >= 15 is 0 Å². The van der Waals surface area contributed by atoms with Gasteiger partial charge in [-0.15, -0.1) is 0 Å². The Kier molecular flexibility index (Phi) is 15.9. The Morgan fingerprint density at radius 2 is 1.56 bits per heavy atom. The first-order valence-corrected chi connectivity index (χ1v) is 12.4. The monoisotopic (exact) mass is 452 g/mol. The van der Waals surface area contributed by atoms with Gasteiger partial charge in [0.15, 0.2) is 0 Å². The number of hydrogen-bond donors (Lipinski definition) is 3. The van der Waals surface area contributed by atoms with Crippen LogP contribution in [0.4, 0.5) is 4.79 Å². The van der Waals surface area contributed by atoms with Crippen LogP contribution < -0.4 is 10.6 Å². The standard InChI is InChI=1S/C26H48N2O4/c1-7-9-11-14-22(15-12-10-8-2)16-13-20-27-23(29)17-18-26(5,6)32-21-19-25(3,4)28-24(30)31/h22,28H,7-12,14-15,17-21H2,1-6H3,(H,27,29)(H,30,31). The van der Waals surface area contributed by atoms with E-state index in [4.69, 9.17) is 9.84 Å². The molecule has 0 fully saturated rings. The Balaban J connectivity index is 4.28. The number of ether oxygens (including phenoxy) is 1. The SMILES string of the molecule is CCCCCC(C#CCNC(=O)CCC(C)(C)OCCC(C)(C)NC(=O)O)CCCCC. The molecule has 0 saturated heterocycles. The zero-order chi connectivity index (χ0) is 24.5. The van der Waals surface area contributed by atoms with Crippen molar-refractivity contribution in [3.8, 4) is 11.8 Å². The van der Waals surface area contributed by atoms with Crippen LogP contribution in [0.1, 0.15) is 112 Å². The smallest absolute Gasteiger partial charge is 0.405 e. The summed E-state index contributed by atoms with van der Waals surface area (Å²) in [7, 11) is 0. The van der Waals surface area contributed by atoms with Gasteiger partial charge in [-0.3, -0.25) is 4.79 Å². The average molecular weight is 453 g/mol. The second-order valence-electron chi connectivity index (χ2n) is 9.96. The molecule has 0 saturated carbocycles. The Morgan fingerprint density at radius 3 is 2.09 bits per heavy atom. The first-order valence-electron chi connectivity index (χ1n) is 12.4. The van der Waals surface area contributed by atoms with Gasteiger partial charge in [-0.1, -0.05) is 64.2 Å². The van der Waals surface area contributed by atoms with Crippen molar-refractivity contribution in [2.75, 3.05) is 13.2 Å². The first-order chi connectivity index (χ1) is 15.0. The van der Waals surface area contributed by atoms with Crippen molar-refractivity contribution in [2.45, 2.75) is 123 Å². The highest BCUT2D eigenvalue weighted by Crippen LogP contribution is 2.19. The predicted molar refractivity (Wildman–Crippen MR) is 132 cm³/mol. The lowest BCUT2D eigenvalue weighted by atomic mass is 9.95. The third-order valence-corrected chi connectivity index (χ3v) is 5.61. The number of carbonyl (C=O) groups is 2. The van der Waals surface area contributed by atoms with Crippen molar-refractivity contribution in [1.82, 2.24) is 10.6 Å². The third kappa shape index (κ3) is 17.9. The fourth-order valence-corrected chi connectivity index (χ4v) is 3.42. The average Bonchev–Trinajstić information content (AvgIpc) is 2.68. The molecule has 0 bridgehead atoms. The predicted octanol–water partition coefficient (Wildman–Crippen LogP) is 5.89. The van der Waals surface area contributed by atoms with Crippen molar-refractivity contribution in [3.05, 3.63) is 0 Å². The van der Waals surface area contributed by atoms with Gasteiger partial charge >= 0.3 is 6.09 Å². The van der Waals surface area contributed by atoms with Gasteiger partial charge in [0.1, 0.15) is 0 Å². The van der Waals surface area contributed by atoms with Crippen LogP contribution in [-0.2, 0) is 9.53 Å². The van der Waals surface area contributed by atoms with Crippen molar-refractivity contribution in [3.63, 3.8) is 0 Å². The topological polar surface area (TPSA) is 87.7 Å². The lowest BCUT2D eigenvalue weighted by molar-refractivity contribution is -0.122. The minimum Gasteiger partial charge on any atom is -0.465 e. The summed E-state index contributed by atoms with van der Waals surface area (Å²) in [6, 6.07) is 0. The molecule has 0 heterocycles. The Labute approximate surface area is 196 Å². The zero-order valence-electron chi connectivity index (χ0n) is 21.4. The maximum atomic E-state index is 12.2. The molecule has 2 amide bonds. The normalized spacial score (nSPS) is 11.7. The summed E-state index contributed by atoms with van der Waals surface area (Å²) in [6.07, 6.45) is 10.2. The van der Waals surface area contributed by atoms with Crippen molar-refractivity contribution < 1.29 is 19.4 Å². The summed E-state index contributed by atoms with van der Waals surface area (Å²) in [4.78, 5) is 23.0. The van der Waals surface area contributed by atoms with E-state index in [0.29, 0.717) is 38.3 Å². The van der Waals surface area contributed by atoms with Crippen molar-refractivity contribution >= 4 is 12.0 Å². The van der Waals surface area contributed by atoms with Gasteiger partial charge in [0, 0.05) is 24.5 Å². The van der Waals surface area contributed by atoms with Gasteiger partial charge in [-0.2, -0.15) is 0 Å². The molecular formula is C26H48N2O4. The molecule has 0 aliphatic heterocycles. The number of unbranched alkanes of at least 4 members (excludes halogenated alkanes) is 4. The Bertz CT molecular complexity index is 580.